The highest BCUT2D eigenvalue weighted by Gasteiger charge is 2.31. The van der Waals surface area contributed by atoms with E-state index in [4.69, 9.17) is 4.74 Å². The van der Waals surface area contributed by atoms with Gasteiger partial charge in [-0.05, 0) is 63.8 Å². The first-order valence-electron chi connectivity index (χ1n) is 9.84. The normalized spacial score (nSPS) is 19.2. The number of fused-ring (bicyclic) bond motifs is 1. The summed E-state index contributed by atoms with van der Waals surface area (Å²) in [4.78, 5) is 40.1. The fourth-order valence-electron chi connectivity index (χ4n) is 3.73. The first-order chi connectivity index (χ1) is 13.1. The van der Waals surface area contributed by atoms with Gasteiger partial charge >= 0.3 is 6.09 Å². The van der Waals surface area contributed by atoms with E-state index >= 15 is 0 Å². The number of anilines is 2. The molecule has 0 aromatic heterocycles. The SMILES string of the molecule is CC(=O)N1CCc2cc(NC(=O)[C@@H]3CCCN(C(=O)OC(C)(C)C)C3)ccc21. The van der Waals surface area contributed by atoms with Crippen LogP contribution in [-0.2, 0) is 20.7 Å². The summed E-state index contributed by atoms with van der Waals surface area (Å²) >= 11 is 0. The number of hydrogen-bond donors (Lipinski definition) is 1. The van der Waals surface area contributed by atoms with E-state index < -0.39 is 5.60 Å². The van der Waals surface area contributed by atoms with Gasteiger partial charge in [0, 0.05) is 37.9 Å². The molecular weight excluding hydrogens is 358 g/mol. The van der Waals surface area contributed by atoms with Gasteiger partial charge in [0.2, 0.25) is 11.8 Å². The topological polar surface area (TPSA) is 79.0 Å². The molecule has 7 nitrogen and oxygen atoms in total. The van der Waals surface area contributed by atoms with Gasteiger partial charge in [-0.25, -0.2) is 4.79 Å². The Bertz CT molecular complexity index is 784. The Morgan fingerprint density at radius 1 is 1.18 bits per heavy atom. The molecule has 1 aromatic carbocycles. The van der Waals surface area contributed by atoms with Gasteiger partial charge in [-0.3, -0.25) is 9.59 Å². The molecule has 2 aliphatic heterocycles. The Balaban J connectivity index is 1.62. The summed E-state index contributed by atoms with van der Waals surface area (Å²) in [5.41, 5.74) is 2.15. The lowest BCUT2D eigenvalue weighted by molar-refractivity contribution is -0.121. The molecule has 1 saturated heterocycles. The third kappa shape index (κ3) is 4.64. The number of likely N-dealkylation sites (tertiary alicyclic amines) is 1. The van der Waals surface area contributed by atoms with Gasteiger partial charge < -0.3 is 19.9 Å². The lowest BCUT2D eigenvalue weighted by Gasteiger charge is -2.33. The molecule has 0 unspecified atom stereocenters. The summed E-state index contributed by atoms with van der Waals surface area (Å²) in [6.45, 7) is 8.71. The Labute approximate surface area is 166 Å². The molecule has 3 rings (SSSR count). The number of nitrogens with zero attached hydrogens (tertiary/aromatic N) is 2. The van der Waals surface area contributed by atoms with E-state index in [-0.39, 0.29) is 23.8 Å². The number of piperidine rings is 1. The van der Waals surface area contributed by atoms with Crippen molar-refractivity contribution in [3.05, 3.63) is 23.8 Å². The Hall–Kier alpha value is -2.57. The van der Waals surface area contributed by atoms with Gasteiger partial charge in [0.1, 0.15) is 5.60 Å². The highest BCUT2D eigenvalue weighted by atomic mass is 16.6. The van der Waals surface area contributed by atoms with E-state index in [1.165, 1.54) is 0 Å². The second-order valence-corrected chi connectivity index (χ2v) is 8.52. The number of hydrogen-bond acceptors (Lipinski definition) is 4. The van der Waals surface area contributed by atoms with Crippen molar-refractivity contribution in [2.24, 2.45) is 5.92 Å². The molecule has 1 atom stereocenters. The van der Waals surface area contributed by atoms with Crippen molar-refractivity contribution in [3.63, 3.8) is 0 Å². The van der Waals surface area contributed by atoms with Crippen LogP contribution in [0.25, 0.3) is 0 Å². The monoisotopic (exact) mass is 387 g/mol. The van der Waals surface area contributed by atoms with Crippen LogP contribution >= 0.6 is 0 Å². The lowest BCUT2D eigenvalue weighted by Crippen LogP contribution is -2.45. The standard InChI is InChI=1S/C21H29N3O4/c1-14(25)24-11-9-15-12-17(7-8-18(15)24)22-19(26)16-6-5-10-23(13-16)20(27)28-21(2,3)4/h7-8,12,16H,5-6,9-11,13H2,1-4H3,(H,22,26)/t16-/m1/s1. The second-order valence-electron chi connectivity index (χ2n) is 8.52. The van der Waals surface area contributed by atoms with Crippen molar-refractivity contribution in [1.82, 2.24) is 4.90 Å². The Kier molecular flexibility index (Phi) is 5.63. The van der Waals surface area contributed by atoms with Crippen molar-refractivity contribution >= 4 is 29.3 Å². The molecule has 0 saturated carbocycles. The summed E-state index contributed by atoms with van der Waals surface area (Å²) in [7, 11) is 0. The average molecular weight is 387 g/mol. The zero-order chi connectivity index (χ0) is 20.5. The largest absolute Gasteiger partial charge is 0.444 e. The molecule has 1 fully saturated rings. The molecule has 0 spiro atoms. The first kappa shape index (κ1) is 20.2. The quantitative estimate of drug-likeness (QED) is 0.845. The van der Waals surface area contributed by atoms with E-state index in [2.05, 4.69) is 5.32 Å². The molecule has 1 aromatic rings. The van der Waals surface area contributed by atoms with Crippen LogP contribution in [-0.4, -0.2) is 48.0 Å². The van der Waals surface area contributed by atoms with Crippen LogP contribution in [0.5, 0.6) is 0 Å². The molecule has 0 radical (unpaired) electrons. The van der Waals surface area contributed by atoms with Crippen molar-refractivity contribution in [2.75, 3.05) is 29.9 Å². The maximum Gasteiger partial charge on any atom is 0.410 e. The van der Waals surface area contributed by atoms with E-state index in [0.29, 0.717) is 19.6 Å². The summed E-state index contributed by atoms with van der Waals surface area (Å²) < 4.78 is 5.43. The summed E-state index contributed by atoms with van der Waals surface area (Å²) in [6.07, 6.45) is 1.93. The molecule has 1 N–H and O–H groups in total. The van der Waals surface area contributed by atoms with Gasteiger partial charge in [-0.2, -0.15) is 0 Å². The van der Waals surface area contributed by atoms with Crippen molar-refractivity contribution in [3.8, 4) is 0 Å². The van der Waals surface area contributed by atoms with E-state index in [1.54, 1.807) is 16.7 Å². The highest BCUT2D eigenvalue weighted by Crippen LogP contribution is 2.31. The molecule has 3 amide bonds. The van der Waals surface area contributed by atoms with Gasteiger partial charge in [-0.1, -0.05) is 0 Å². The number of nitrogens with one attached hydrogen (secondary N) is 1. The van der Waals surface area contributed by atoms with Crippen LogP contribution in [0.3, 0.4) is 0 Å². The van der Waals surface area contributed by atoms with Crippen LogP contribution < -0.4 is 10.2 Å². The minimum absolute atomic E-state index is 0.0278. The molecule has 0 bridgehead atoms. The zero-order valence-electron chi connectivity index (χ0n) is 17.1. The van der Waals surface area contributed by atoms with E-state index in [1.807, 2.05) is 39.0 Å². The Morgan fingerprint density at radius 3 is 2.61 bits per heavy atom. The minimum atomic E-state index is -0.551. The van der Waals surface area contributed by atoms with Crippen molar-refractivity contribution in [1.29, 1.82) is 0 Å². The maximum absolute atomic E-state index is 12.7. The Morgan fingerprint density at radius 2 is 1.93 bits per heavy atom. The summed E-state index contributed by atoms with van der Waals surface area (Å²) in [6, 6.07) is 5.64. The van der Waals surface area contributed by atoms with Crippen LogP contribution in [0, 0.1) is 5.92 Å². The van der Waals surface area contributed by atoms with Gasteiger partial charge in [0.25, 0.3) is 0 Å². The number of rotatable bonds is 2. The molecular formula is C21H29N3O4. The highest BCUT2D eigenvalue weighted by molar-refractivity contribution is 5.96. The number of benzene rings is 1. The van der Waals surface area contributed by atoms with Crippen molar-refractivity contribution in [2.45, 2.75) is 52.6 Å². The van der Waals surface area contributed by atoms with Crippen LogP contribution in [0.15, 0.2) is 18.2 Å². The average Bonchev–Trinajstić information content (AvgIpc) is 3.04. The smallest absolute Gasteiger partial charge is 0.410 e. The van der Waals surface area contributed by atoms with Crippen LogP contribution in [0.4, 0.5) is 16.2 Å². The second kappa shape index (κ2) is 7.81. The van der Waals surface area contributed by atoms with Gasteiger partial charge in [-0.15, -0.1) is 0 Å². The van der Waals surface area contributed by atoms with Crippen molar-refractivity contribution < 1.29 is 19.1 Å². The van der Waals surface area contributed by atoms with E-state index in [0.717, 1.165) is 36.2 Å². The number of carbonyl (C=O) groups is 3. The third-order valence-corrected chi connectivity index (χ3v) is 5.07. The number of carbonyl (C=O) groups excluding carboxylic acids is 3. The summed E-state index contributed by atoms with van der Waals surface area (Å²) in [5, 5.41) is 2.97. The fraction of sp³-hybridized carbons (Fsp3) is 0.571. The van der Waals surface area contributed by atoms with Crippen LogP contribution in [0.1, 0.15) is 46.1 Å². The van der Waals surface area contributed by atoms with Crippen LogP contribution in [0.2, 0.25) is 0 Å². The first-order valence-corrected chi connectivity index (χ1v) is 9.84. The van der Waals surface area contributed by atoms with E-state index in [9.17, 15) is 14.4 Å². The lowest BCUT2D eigenvalue weighted by atomic mass is 9.97. The minimum Gasteiger partial charge on any atom is -0.444 e. The predicted molar refractivity (Wildman–Crippen MR) is 107 cm³/mol. The predicted octanol–water partition coefficient (Wildman–Crippen LogP) is 3.18. The molecule has 2 heterocycles. The molecule has 0 aliphatic carbocycles. The molecule has 28 heavy (non-hydrogen) atoms. The van der Waals surface area contributed by atoms with Gasteiger partial charge in [0.05, 0.1) is 5.92 Å². The summed E-state index contributed by atoms with van der Waals surface area (Å²) in [5.74, 6) is -0.321. The van der Waals surface area contributed by atoms with Gasteiger partial charge in [0.15, 0.2) is 0 Å². The molecule has 2 aliphatic rings. The molecule has 7 heteroatoms. The molecule has 152 valence electrons. The number of ether oxygens (including phenoxy) is 1. The zero-order valence-corrected chi connectivity index (χ0v) is 17.1. The third-order valence-electron chi connectivity index (χ3n) is 5.07. The fourth-order valence-corrected chi connectivity index (χ4v) is 3.73. The number of amides is 3. The maximum atomic E-state index is 12.7.